The molecule has 2 bridgehead atoms. The van der Waals surface area contributed by atoms with E-state index in [0.29, 0.717) is 19.4 Å². The van der Waals surface area contributed by atoms with Gasteiger partial charge in [0.1, 0.15) is 6.61 Å². The second-order valence-electron chi connectivity index (χ2n) is 9.69. The highest BCUT2D eigenvalue weighted by atomic mass is 16.6. The molecular weight excluding hydrogens is 386 g/mol. The largest absolute Gasteiger partial charge is 0.448 e. The molecule has 1 aliphatic carbocycles. The van der Waals surface area contributed by atoms with E-state index in [-0.39, 0.29) is 24.1 Å². The maximum absolute atomic E-state index is 13.1. The molecule has 2 atom stereocenters. The Morgan fingerprint density at radius 1 is 1.00 bits per heavy atom. The molecule has 3 aliphatic rings. The Morgan fingerprint density at radius 3 is 2.16 bits per heavy atom. The van der Waals surface area contributed by atoms with Gasteiger partial charge in [0.25, 0.3) is 0 Å². The number of amides is 1. The number of fused-ring (bicyclic) bond motifs is 5. The standard InChI is InChI=1S/C27H33NO3/c1-2-3-8-15-27(30)16-19-13-14-20(17-27)28(19)26(29)31-18-25-23-11-6-4-9-21(23)22-10-5-7-12-24(22)25/h4-7,9-12,19-20,25,30H,2-3,8,13-18H2,1H3. The monoisotopic (exact) mass is 419 g/mol. The number of piperidine rings is 1. The van der Waals surface area contributed by atoms with Crippen LogP contribution in [0.1, 0.15) is 75.3 Å². The lowest BCUT2D eigenvalue weighted by atomic mass is 9.82. The van der Waals surface area contributed by atoms with E-state index < -0.39 is 5.60 Å². The van der Waals surface area contributed by atoms with Crippen molar-refractivity contribution in [3.05, 3.63) is 59.7 Å². The van der Waals surface area contributed by atoms with Crippen molar-refractivity contribution in [2.75, 3.05) is 6.61 Å². The minimum atomic E-state index is -0.610. The summed E-state index contributed by atoms with van der Waals surface area (Å²) in [5, 5.41) is 11.1. The van der Waals surface area contributed by atoms with Crippen LogP contribution in [0.3, 0.4) is 0 Å². The lowest BCUT2D eigenvalue weighted by Crippen LogP contribution is -2.53. The molecule has 0 aromatic heterocycles. The van der Waals surface area contributed by atoms with Crippen molar-refractivity contribution in [1.82, 2.24) is 4.90 Å². The second kappa shape index (κ2) is 8.31. The van der Waals surface area contributed by atoms with Crippen LogP contribution in [0.2, 0.25) is 0 Å². The van der Waals surface area contributed by atoms with Gasteiger partial charge in [0.05, 0.1) is 5.60 Å². The number of nitrogens with zero attached hydrogens (tertiary/aromatic N) is 1. The maximum Gasteiger partial charge on any atom is 0.410 e. The van der Waals surface area contributed by atoms with Gasteiger partial charge in [-0.25, -0.2) is 4.79 Å². The fraction of sp³-hybridized carbons (Fsp3) is 0.519. The lowest BCUT2D eigenvalue weighted by Gasteiger charge is -2.43. The van der Waals surface area contributed by atoms with Crippen LogP contribution in [0.5, 0.6) is 0 Å². The average Bonchev–Trinajstić information content (AvgIpc) is 3.25. The molecule has 2 aromatic rings. The molecule has 31 heavy (non-hydrogen) atoms. The van der Waals surface area contributed by atoms with Crippen LogP contribution in [0.15, 0.2) is 48.5 Å². The van der Waals surface area contributed by atoms with Gasteiger partial charge in [0.2, 0.25) is 0 Å². The molecule has 4 heteroatoms. The third kappa shape index (κ3) is 3.76. The molecule has 2 aromatic carbocycles. The first-order valence-electron chi connectivity index (χ1n) is 12.0. The van der Waals surface area contributed by atoms with Crippen molar-refractivity contribution in [2.24, 2.45) is 0 Å². The average molecular weight is 420 g/mol. The van der Waals surface area contributed by atoms with Crippen LogP contribution in [-0.4, -0.2) is 40.4 Å². The SMILES string of the molecule is CCCCCC1(O)CC2CCC(C1)N2C(=O)OCC1c2ccccc2-c2ccccc21. The highest BCUT2D eigenvalue weighted by molar-refractivity contribution is 5.79. The zero-order valence-electron chi connectivity index (χ0n) is 18.4. The predicted octanol–water partition coefficient (Wildman–Crippen LogP) is 5.87. The third-order valence-electron chi connectivity index (χ3n) is 7.64. The smallest absolute Gasteiger partial charge is 0.410 e. The fourth-order valence-corrected chi connectivity index (χ4v) is 6.20. The van der Waals surface area contributed by atoms with Crippen molar-refractivity contribution in [2.45, 2.75) is 81.9 Å². The highest BCUT2D eigenvalue weighted by Gasteiger charge is 2.49. The van der Waals surface area contributed by atoms with E-state index in [0.717, 1.165) is 38.5 Å². The number of unbranched alkanes of at least 4 members (excludes halogenated alkanes) is 2. The first kappa shape index (κ1) is 20.6. The van der Waals surface area contributed by atoms with E-state index in [1.165, 1.54) is 22.3 Å². The predicted molar refractivity (Wildman–Crippen MR) is 122 cm³/mol. The molecule has 2 saturated heterocycles. The van der Waals surface area contributed by atoms with Gasteiger partial charge in [-0.15, -0.1) is 0 Å². The minimum Gasteiger partial charge on any atom is -0.448 e. The number of carbonyl (C=O) groups is 1. The fourth-order valence-electron chi connectivity index (χ4n) is 6.20. The maximum atomic E-state index is 13.1. The van der Waals surface area contributed by atoms with Crippen LogP contribution in [0.4, 0.5) is 4.79 Å². The van der Waals surface area contributed by atoms with Crippen molar-refractivity contribution in [3.63, 3.8) is 0 Å². The Bertz CT molecular complexity index is 896. The van der Waals surface area contributed by atoms with Gasteiger partial charge < -0.3 is 14.7 Å². The summed E-state index contributed by atoms with van der Waals surface area (Å²) in [6.07, 6.45) is 7.38. The molecule has 1 N–H and O–H groups in total. The summed E-state index contributed by atoms with van der Waals surface area (Å²) in [7, 11) is 0. The molecule has 1 amide bonds. The molecule has 2 unspecified atom stereocenters. The van der Waals surface area contributed by atoms with E-state index in [2.05, 4.69) is 55.5 Å². The van der Waals surface area contributed by atoms with Crippen molar-refractivity contribution >= 4 is 6.09 Å². The van der Waals surface area contributed by atoms with Crippen molar-refractivity contribution < 1.29 is 14.6 Å². The van der Waals surface area contributed by atoms with Gasteiger partial charge in [0, 0.05) is 18.0 Å². The summed E-state index contributed by atoms with van der Waals surface area (Å²) < 4.78 is 5.93. The molecular formula is C27H33NO3. The van der Waals surface area contributed by atoms with Gasteiger partial charge in [-0.3, -0.25) is 0 Å². The van der Waals surface area contributed by atoms with Crippen LogP contribution in [0.25, 0.3) is 11.1 Å². The van der Waals surface area contributed by atoms with Gasteiger partial charge in [0.15, 0.2) is 0 Å². The van der Waals surface area contributed by atoms with E-state index in [9.17, 15) is 9.90 Å². The van der Waals surface area contributed by atoms with Crippen molar-refractivity contribution in [1.29, 1.82) is 0 Å². The molecule has 0 saturated carbocycles. The molecule has 2 heterocycles. The third-order valence-corrected chi connectivity index (χ3v) is 7.64. The van der Waals surface area contributed by atoms with E-state index in [1.807, 2.05) is 4.90 Å². The summed E-state index contributed by atoms with van der Waals surface area (Å²) >= 11 is 0. The Labute approximate surface area is 185 Å². The number of rotatable bonds is 6. The number of hydrogen-bond acceptors (Lipinski definition) is 3. The Kier molecular flexibility index (Phi) is 5.51. The van der Waals surface area contributed by atoms with Crippen LogP contribution in [-0.2, 0) is 4.74 Å². The Hall–Kier alpha value is -2.33. The number of aliphatic hydroxyl groups is 1. The number of benzene rings is 2. The summed E-state index contributed by atoms with van der Waals surface area (Å²) in [5.41, 5.74) is 4.36. The number of ether oxygens (including phenoxy) is 1. The van der Waals surface area contributed by atoms with E-state index >= 15 is 0 Å². The lowest BCUT2D eigenvalue weighted by molar-refractivity contribution is -0.0548. The van der Waals surface area contributed by atoms with Crippen LogP contribution < -0.4 is 0 Å². The van der Waals surface area contributed by atoms with E-state index in [1.54, 1.807) is 0 Å². The molecule has 4 nitrogen and oxygen atoms in total. The van der Waals surface area contributed by atoms with Crippen molar-refractivity contribution in [3.8, 4) is 11.1 Å². The van der Waals surface area contributed by atoms with Gasteiger partial charge in [-0.2, -0.15) is 0 Å². The normalized spacial score (nSPS) is 26.6. The number of hydrogen-bond donors (Lipinski definition) is 1. The molecule has 164 valence electrons. The molecule has 5 rings (SSSR count). The first-order valence-corrected chi connectivity index (χ1v) is 12.0. The zero-order valence-corrected chi connectivity index (χ0v) is 18.4. The number of carbonyl (C=O) groups excluding carboxylic acids is 1. The summed E-state index contributed by atoms with van der Waals surface area (Å²) in [4.78, 5) is 15.1. The second-order valence-corrected chi connectivity index (χ2v) is 9.69. The zero-order chi connectivity index (χ0) is 21.4. The molecule has 0 spiro atoms. The molecule has 2 aliphatic heterocycles. The van der Waals surface area contributed by atoms with Crippen LogP contribution >= 0.6 is 0 Å². The van der Waals surface area contributed by atoms with E-state index in [4.69, 9.17) is 4.74 Å². The Balaban J connectivity index is 1.26. The quantitative estimate of drug-likeness (QED) is 0.596. The first-order chi connectivity index (χ1) is 15.1. The van der Waals surface area contributed by atoms with Gasteiger partial charge >= 0.3 is 6.09 Å². The Morgan fingerprint density at radius 2 is 1.58 bits per heavy atom. The minimum absolute atomic E-state index is 0.0877. The summed E-state index contributed by atoms with van der Waals surface area (Å²) in [5.74, 6) is 0.0877. The van der Waals surface area contributed by atoms with Crippen LogP contribution in [0, 0.1) is 0 Å². The van der Waals surface area contributed by atoms with Gasteiger partial charge in [-0.1, -0.05) is 74.7 Å². The summed E-state index contributed by atoms with van der Waals surface area (Å²) in [6, 6.07) is 17.1. The topological polar surface area (TPSA) is 49.8 Å². The molecule has 0 radical (unpaired) electrons. The molecule has 2 fully saturated rings. The highest BCUT2D eigenvalue weighted by Crippen LogP contribution is 2.46. The summed E-state index contributed by atoms with van der Waals surface area (Å²) in [6.45, 7) is 2.55. The van der Waals surface area contributed by atoms with Gasteiger partial charge in [-0.05, 0) is 54.4 Å².